The summed E-state index contributed by atoms with van der Waals surface area (Å²) in [5.74, 6) is 1.03. The second-order valence-electron chi connectivity index (χ2n) is 4.76. The van der Waals surface area contributed by atoms with E-state index in [1.165, 1.54) is 29.5 Å². The van der Waals surface area contributed by atoms with Gasteiger partial charge >= 0.3 is 0 Å². The quantitative estimate of drug-likeness (QED) is 0.836. The maximum absolute atomic E-state index is 5.77. The van der Waals surface area contributed by atoms with Crippen molar-refractivity contribution in [3.8, 4) is 0 Å². The molecule has 0 bridgehead atoms. The molecule has 0 atom stereocenters. The first-order chi connectivity index (χ1) is 7.70. The largest absolute Gasteiger partial charge is 0.324 e. The van der Waals surface area contributed by atoms with Crippen molar-refractivity contribution in [2.75, 3.05) is 0 Å². The van der Waals surface area contributed by atoms with Crippen LogP contribution in [-0.4, -0.2) is 9.55 Å². The van der Waals surface area contributed by atoms with Gasteiger partial charge in [-0.05, 0) is 49.9 Å². The zero-order valence-electron chi connectivity index (χ0n) is 9.83. The number of aromatic nitrogens is 2. The Labute approximate surface area is 95.3 Å². The minimum Gasteiger partial charge on any atom is -0.324 e. The van der Waals surface area contributed by atoms with Gasteiger partial charge in [-0.15, -0.1) is 0 Å². The van der Waals surface area contributed by atoms with Gasteiger partial charge in [-0.25, -0.2) is 4.98 Å². The molecule has 2 N–H and O–H groups in total. The fourth-order valence-electron chi connectivity index (χ4n) is 2.28. The fraction of sp³-hybridized carbons (Fsp3) is 0.462. The highest BCUT2D eigenvalue weighted by atomic mass is 15.1. The van der Waals surface area contributed by atoms with E-state index in [0.29, 0.717) is 12.6 Å². The third-order valence-electron chi connectivity index (χ3n) is 3.47. The van der Waals surface area contributed by atoms with Crippen LogP contribution >= 0.6 is 0 Å². The Morgan fingerprint density at radius 3 is 2.62 bits per heavy atom. The van der Waals surface area contributed by atoms with Crippen LogP contribution in [0.25, 0.3) is 11.0 Å². The van der Waals surface area contributed by atoms with E-state index in [4.69, 9.17) is 5.73 Å². The third-order valence-corrected chi connectivity index (χ3v) is 3.47. The van der Waals surface area contributed by atoms with Crippen LogP contribution in [0.3, 0.4) is 0 Å². The van der Waals surface area contributed by atoms with Crippen LogP contribution in [0.4, 0.5) is 0 Å². The summed E-state index contributed by atoms with van der Waals surface area (Å²) >= 11 is 0. The molecule has 0 radical (unpaired) electrons. The summed E-state index contributed by atoms with van der Waals surface area (Å²) in [4.78, 5) is 4.63. The van der Waals surface area contributed by atoms with Crippen LogP contribution in [0, 0.1) is 13.8 Å². The van der Waals surface area contributed by atoms with E-state index in [0.717, 1.165) is 11.3 Å². The average molecular weight is 215 g/mol. The van der Waals surface area contributed by atoms with Gasteiger partial charge in [0.2, 0.25) is 0 Å². The zero-order chi connectivity index (χ0) is 11.3. The van der Waals surface area contributed by atoms with Crippen molar-refractivity contribution in [2.45, 2.75) is 39.3 Å². The van der Waals surface area contributed by atoms with Crippen LogP contribution in [0.1, 0.15) is 35.8 Å². The maximum atomic E-state index is 5.77. The molecule has 84 valence electrons. The van der Waals surface area contributed by atoms with Crippen molar-refractivity contribution in [3.63, 3.8) is 0 Å². The molecule has 0 amide bonds. The minimum atomic E-state index is 0.531. The van der Waals surface area contributed by atoms with Crippen molar-refractivity contribution in [3.05, 3.63) is 29.1 Å². The lowest BCUT2D eigenvalue weighted by atomic mass is 10.1. The average Bonchev–Trinajstić information content (AvgIpc) is 3.03. The summed E-state index contributed by atoms with van der Waals surface area (Å²) in [6.45, 7) is 4.82. The molecule has 0 saturated heterocycles. The first kappa shape index (κ1) is 9.85. The highest BCUT2D eigenvalue weighted by molar-refractivity contribution is 5.78. The number of hydrogen-bond acceptors (Lipinski definition) is 2. The van der Waals surface area contributed by atoms with Gasteiger partial charge < -0.3 is 10.3 Å². The molecule has 3 nitrogen and oxygen atoms in total. The van der Waals surface area contributed by atoms with Crippen molar-refractivity contribution in [1.82, 2.24) is 9.55 Å². The molecular formula is C13H17N3. The van der Waals surface area contributed by atoms with E-state index in [1.807, 2.05) is 0 Å². The van der Waals surface area contributed by atoms with Crippen LogP contribution in [-0.2, 0) is 6.54 Å². The predicted octanol–water partition coefficient (Wildman–Crippen LogP) is 2.45. The molecule has 3 heteroatoms. The second-order valence-corrected chi connectivity index (χ2v) is 4.76. The Bertz CT molecular complexity index is 550. The summed E-state index contributed by atoms with van der Waals surface area (Å²) in [6.07, 6.45) is 2.54. The van der Waals surface area contributed by atoms with Crippen LogP contribution in [0.5, 0.6) is 0 Å². The van der Waals surface area contributed by atoms with E-state index in [1.54, 1.807) is 0 Å². The van der Waals surface area contributed by atoms with Gasteiger partial charge in [0.25, 0.3) is 0 Å². The minimum absolute atomic E-state index is 0.531. The zero-order valence-corrected chi connectivity index (χ0v) is 9.83. The summed E-state index contributed by atoms with van der Waals surface area (Å²) < 4.78 is 2.34. The van der Waals surface area contributed by atoms with Gasteiger partial charge in [-0.3, -0.25) is 0 Å². The molecular weight excluding hydrogens is 198 g/mol. The molecule has 1 aromatic heterocycles. The molecule has 0 spiro atoms. The fourth-order valence-corrected chi connectivity index (χ4v) is 2.28. The van der Waals surface area contributed by atoms with Gasteiger partial charge in [0, 0.05) is 6.04 Å². The normalized spacial score (nSPS) is 15.9. The summed E-state index contributed by atoms with van der Waals surface area (Å²) in [5.41, 5.74) is 10.8. The third kappa shape index (κ3) is 1.35. The standard InChI is InChI=1S/C13H17N3/c1-8-5-11-12(6-9(8)2)16(10-3-4-10)13(7-14)15-11/h5-6,10H,3-4,7,14H2,1-2H3. The Morgan fingerprint density at radius 1 is 1.31 bits per heavy atom. The van der Waals surface area contributed by atoms with Gasteiger partial charge in [-0.2, -0.15) is 0 Å². The van der Waals surface area contributed by atoms with Gasteiger partial charge in [-0.1, -0.05) is 0 Å². The number of benzene rings is 1. The molecule has 1 aliphatic rings. The topological polar surface area (TPSA) is 43.8 Å². The van der Waals surface area contributed by atoms with E-state index < -0.39 is 0 Å². The molecule has 1 heterocycles. The number of hydrogen-bond donors (Lipinski definition) is 1. The first-order valence-corrected chi connectivity index (χ1v) is 5.89. The molecule has 1 fully saturated rings. The van der Waals surface area contributed by atoms with Crippen LogP contribution in [0.15, 0.2) is 12.1 Å². The summed E-state index contributed by atoms with van der Waals surface area (Å²) in [6, 6.07) is 5.06. The lowest BCUT2D eigenvalue weighted by Gasteiger charge is -2.06. The van der Waals surface area contributed by atoms with E-state index in [2.05, 4.69) is 35.5 Å². The summed E-state index contributed by atoms with van der Waals surface area (Å²) in [5, 5.41) is 0. The van der Waals surface area contributed by atoms with Crippen molar-refractivity contribution in [1.29, 1.82) is 0 Å². The molecule has 0 unspecified atom stereocenters. The monoisotopic (exact) mass is 215 g/mol. The Morgan fingerprint density at radius 2 is 2.00 bits per heavy atom. The van der Waals surface area contributed by atoms with E-state index >= 15 is 0 Å². The Balaban J connectivity index is 2.31. The van der Waals surface area contributed by atoms with E-state index in [-0.39, 0.29) is 0 Å². The smallest absolute Gasteiger partial charge is 0.123 e. The second kappa shape index (κ2) is 3.32. The predicted molar refractivity (Wildman–Crippen MR) is 65.4 cm³/mol. The number of rotatable bonds is 2. The number of fused-ring (bicyclic) bond motifs is 1. The molecule has 1 aliphatic carbocycles. The lowest BCUT2D eigenvalue weighted by molar-refractivity contribution is 0.701. The van der Waals surface area contributed by atoms with Gasteiger partial charge in [0.1, 0.15) is 5.82 Å². The van der Waals surface area contributed by atoms with Crippen molar-refractivity contribution < 1.29 is 0 Å². The van der Waals surface area contributed by atoms with Crippen molar-refractivity contribution >= 4 is 11.0 Å². The number of nitrogens with two attached hydrogens (primary N) is 1. The molecule has 1 saturated carbocycles. The van der Waals surface area contributed by atoms with Gasteiger partial charge in [0.15, 0.2) is 0 Å². The van der Waals surface area contributed by atoms with Crippen LogP contribution in [0.2, 0.25) is 0 Å². The number of nitrogens with zero attached hydrogens (tertiary/aromatic N) is 2. The first-order valence-electron chi connectivity index (χ1n) is 5.89. The maximum Gasteiger partial charge on any atom is 0.123 e. The highest BCUT2D eigenvalue weighted by Crippen LogP contribution is 2.39. The van der Waals surface area contributed by atoms with Crippen molar-refractivity contribution in [2.24, 2.45) is 5.73 Å². The number of imidazole rings is 1. The Kier molecular flexibility index (Phi) is 2.04. The molecule has 16 heavy (non-hydrogen) atoms. The highest BCUT2D eigenvalue weighted by Gasteiger charge is 2.27. The lowest BCUT2D eigenvalue weighted by Crippen LogP contribution is -2.06. The van der Waals surface area contributed by atoms with Gasteiger partial charge in [0.05, 0.1) is 17.6 Å². The van der Waals surface area contributed by atoms with E-state index in [9.17, 15) is 0 Å². The van der Waals surface area contributed by atoms with Crippen LogP contribution < -0.4 is 5.73 Å². The molecule has 2 aromatic rings. The summed E-state index contributed by atoms with van der Waals surface area (Å²) in [7, 11) is 0. The SMILES string of the molecule is Cc1cc2nc(CN)n(C3CC3)c2cc1C. The molecule has 1 aromatic carbocycles. The Hall–Kier alpha value is -1.35. The molecule has 3 rings (SSSR count). The molecule has 0 aliphatic heterocycles. The number of aryl methyl sites for hydroxylation is 2.